The number of thioether (sulfide) groups is 2. The zero-order valence-electron chi connectivity index (χ0n) is 12.4. The summed E-state index contributed by atoms with van der Waals surface area (Å²) in [6, 6.07) is 1.63. The van der Waals surface area contributed by atoms with Crippen LogP contribution in [-0.2, 0) is 4.79 Å². The molecule has 0 aromatic carbocycles. The molecular weight excluding hydrogens is 320 g/mol. The molecule has 3 heterocycles. The molecule has 1 saturated heterocycles. The van der Waals surface area contributed by atoms with Crippen LogP contribution >= 0.6 is 23.5 Å². The molecule has 6 nitrogen and oxygen atoms in total. The first-order valence-corrected chi connectivity index (χ1v) is 9.35. The Kier molecular flexibility index (Phi) is 4.54. The molecule has 0 aliphatic carbocycles. The Morgan fingerprint density at radius 3 is 2.77 bits per heavy atom. The van der Waals surface area contributed by atoms with Gasteiger partial charge in [0.2, 0.25) is 5.91 Å². The van der Waals surface area contributed by atoms with Gasteiger partial charge in [0.25, 0.3) is 0 Å². The highest BCUT2D eigenvalue weighted by atomic mass is 32.2. The zero-order valence-corrected chi connectivity index (χ0v) is 14.0. The minimum absolute atomic E-state index is 0.215. The van der Waals surface area contributed by atoms with Gasteiger partial charge in [0, 0.05) is 23.5 Å². The second kappa shape index (κ2) is 6.27. The van der Waals surface area contributed by atoms with Crippen LogP contribution < -0.4 is 16.4 Å². The Labute approximate surface area is 138 Å². The molecule has 2 unspecified atom stereocenters. The number of pyridine rings is 1. The lowest BCUT2D eigenvalue weighted by molar-refractivity contribution is -0.117. The Morgan fingerprint density at radius 2 is 2.18 bits per heavy atom. The van der Waals surface area contributed by atoms with Crippen molar-refractivity contribution in [1.29, 1.82) is 0 Å². The maximum Gasteiger partial charge on any atom is 0.232 e. The average molecular weight is 340 g/mol. The molecule has 2 aliphatic rings. The first-order valence-electron chi connectivity index (χ1n) is 7.24. The Hall–Kier alpha value is -0.960. The summed E-state index contributed by atoms with van der Waals surface area (Å²) in [7, 11) is 0. The molecule has 1 aromatic heterocycles. The van der Waals surface area contributed by atoms with E-state index >= 15 is 0 Å². The number of primary amides is 1. The number of anilines is 1. The van der Waals surface area contributed by atoms with Gasteiger partial charge in [0.05, 0.1) is 12.1 Å². The Morgan fingerprint density at radius 1 is 1.50 bits per heavy atom. The van der Waals surface area contributed by atoms with Gasteiger partial charge in [-0.2, -0.15) is 0 Å². The topological polar surface area (TPSA) is 105 Å². The Balaban J connectivity index is 1.94. The van der Waals surface area contributed by atoms with E-state index in [9.17, 15) is 9.90 Å². The Bertz CT molecular complexity index is 590. The van der Waals surface area contributed by atoms with Crippen LogP contribution in [0.4, 0.5) is 5.82 Å². The smallest absolute Gasteiger partial charge is 0.232 e. The van der Waals surface area contributed by atoms with E-state index in [4.69, 9.17) is 16.5 Å². The fraction of sp³-hybridized carbons (Fsp3) is 0.571. The van der Waals surface area contributed by atoms with E-state index in [1.54, 1.807) is 11.8 Å². The summed E-state index contributed by atoms with van der Waals surface area (Å²) in [4.78, 5) is 19.5. The number of hydrogen-bond donors (Lipinski definition) is 3. The molecule has 2 aliphatic heterocycles. The molecule has 0 bridgehead atoms. The molecule has 22 heavy (non-hydrogen) atoms. The van der Waals surface area contributed by atoms with Crippen LogP contribution in [-0.4, -0.2) is 46.7 Å². The number of nitrogens with zero attached hydrogens (tertiary/aromatic N) is 2. The number of fused-ring (bicyclic) bond motifs is 1. The monoisotopic (exact) mass is 340 g/mol. The molecule has 1 amide bonds. The van der Waals surface area contributed by atoms with Gasteiger partial charge in [-0.15, -0.1) is 11.8 Å². The van der Waals surface area contributed by atoms with E-state index in [1.165, 1.54) is 11.8 Å². The molecule has 120 valence electrons. The molecule has 8 heteroatoms. The van der Waals surface area contributed by atoms with Crippen molar-refractivity contribution in [3.05, 3.63) is 11.6 Å². The maximum atomic E-state index is 11.6. The van der Waals surface area contributed by atoms with Crippen LogP contribution in [0, 0.1) is 0 Å². The number of aliphatic hydroxyl groups is 1. The first-order chi connectivity index (χ1) is 10.5. The first kappa shape index (κ1) is 15.9. The van der Waals surface area contributed by atoms with Gasteiger partial charge in [-0.3, -0.25) is 4.79 Å². The zero-order chi connectivity index (χ0) is 15.9. The van der Waals surface area contributed by atoms with Gasteiger partial charge in [0.1, 0.15) is 16.1 Å². The summed E-state index contributed by atoms with van der Waals surface area (Å²) in [6.07, 6.45) is 3.29. The number of amides is 1. The van der Waals surface area contributed by atoms with E-state index < -0.39 is 17.2 Å². The minimum Gasteiger partial charge on any atom is -0.393 e. The van der Waals surface area contributed by atoms with Crippen LogP contribution in [0.25, 0.3) is 0 Å². The van der Waals surface area contributed by atoms with Crippen LogP contribution in [0.15, 0.2) is 16.0 Å². The quantitative estimate of drug-likeness (QED) is 0.696. The summed E-state index contributed by atoms with van der Waals surface area (Å²) < 4.78 is 0. The lowest BCUT2D eigenvalue weighted by atomic mass is 10.1. The fourth-order valence-electron chi connectivity index (χ4n) is 2.90. The van der Waals surface area contributed by atoms with Gasteiger partial charge in [-0.05, 0) is 25.2 Å². The minimum atomic E-state index is -0.452. The SMILES string of the molecule is CSc1cc(N2CCC(O)CC2)nc2c1C(N)C(C(N)=O)S2. The fourth-order valence-corrected chi connectivity index (χ4v) is 4.80. The summed E-state index contributed by atoms with van der Waals surface area (Å²) in [5.41, 5.74) is 12.6. The summed E-state index contributed by atoms with van der Waals surface area (Å²) in [6.45, 7) is 1.58. The number of aliphatic hydroxyl groups excluding tert-OH is 1. The van der Waals surface area contributed by atoms with Crippen LogP contribution in [0.2, 0.25) is 0 Å². The molecule has 3 rings (SSSR count). The predicted octanol–water partition coefficient (Wildman–Crippen LogP) is 0.724. The normalized spacial score (nSPS) is 25.3. The van der Waals surface area contributed by atoms with Crippen LogP contribution in [0.3, 0.4) is 0 Å². The number of piperidine rings is 1. The highest BCUT2D eigenvalue weighted by molar-refractivity contribution is 8.01. The third-order valence-electron chi connectivity index (χ3n) is 4.16. The van der Waals surface area contributed by atoms with E-state index in [1.807, 2.05) is 12.3 Å². The molecular formula is C14H20N4O2S2. The second-order valence-electron chi connectivity index (χ2n) is 5.59. The average Bonchev–Trinajstić information content (AvgIpc) is 2.84. The van der Waals surface area contributed by atoms with Gasteiger partial charge in [-0.1, -0.05) is 11.8 Å². The van der Waals surface area contributed by atoms with E-state index in [2.05, 4.69) is 4.90 Å². The van der Waals surface area contributed by atoms with Gasteiger partial charge >= 0.3 is 0 Å². The summed E-state index contributed by atoms with van der Waals surface area (Å²) in [5.74, 6) is 0.491. The maximum absolute atomic E-state index is 11.6. The van der Waals surface area contributed by atoms with E-state index in [0.717, 1.165) is 47.2 Å². The van der Waals surface area contributed by atoms with Crippen molar-refractivity contribution < 1.29 is 9.90 Å². The standard InChI is InChI=1S/C14H20N4O2S2/c1-21-8-6-9(18-4-2-7(19)3-5-18)17-14-10(8)11(15)12(22-14)13(16)20/h6-7,11-12,19H,2-5,15H2,1H3,(H2,16,20). The molecule has 2 atom stereocenters. The van der Waals surface area contributed by atoms with E-state index in [0.29, 0.717) is 0 Å². The van der Waals surface area contributed by atoms with Crippen molar-refractivity contribution in [2.24, 2.45) is 11.5 Å². The highest BCUT2D eigenvalue weighted by Crippen LogP contribution is 2.46. The number of hydrogen-bond acceptors (Lipinski definition) is 7. The number of rotatable bonds is 3. The van der Waals surface area contributed by atoms with Crippen molar-refractivity contribution in [3.63, 3.8) is 0 Å². The van der Waals surface area contributed by atoms with Crippen LogP contribution in [0.1, 0.15) is 24.4 Å². The molecule has 0 saturated carbocycles. The van der Waals surface area contributed by atoms with Crippen molar-refractivity contribution >= 4 is 35.2 Å². The summed E-state index contributed by atoms with van der Waals surface area (Å²) >= 11 is 2.97. The third kappa shape index (κ3) is 2.80. The van der Waals surface area contributed by atoms with Gasteiger partial charge in [-0.25, -0.2) is 4.98 Å². The number of carbonyl (C=O) groups excluding carboxylic acids is 1. The van der Waals surface area contributed by atoms with Crippen LogP contribution in [0.5, 0.6) is 0 Å². The van der Waals surface area contributed by atoms with Crippen molar-refractivity contribution in [2.45, 2.75) is 40.2 Å². The van der Waals surface area contributed by atoms with Gasteiger partial charge < -0.3 is 21.5 Å². The molecule has 0 spiro atoms. The molecule has 1 aromatic rings. The second-order valence-corrected chi connectivity index (χ2v) is 7.56. The van der Waals surface area contributed by atoms with Crippen molar-refractivity contribution in [3.8, 4) is 0 Å². The molecule has 0 radical (unpaired) electrons. The number of aromatic nitrogens is 1. The van der Waals surface area contributed by atoms with Gasteiger partial charge in [0.15, 0.2) is 0 Å². The van der Waals surface area contributed by atoms with Crippen molar-refractivity contribution in [2.75, 3.05) is 24.2 Å². The lowest BCUT2D eigenvalue weighted by Crippen LogP contribution is -2.36. The number of nitrogens with two attached hydrogens (primary N) is 2. The highest BCUT2D eigenvalue weighted by Gasteiger charge is 2.38. The number of carbonyl (C=O) groups is 1. The molecule has 5 N–H and O–H groups in total. The van der Waals surface area contributed by atoms with E-state index in [-0.39, 0.29) is 6.10 Å². The predicted molar refractivity (Wildman–Crippen MR) is 89.2 cm³/mol. The van der Waals surface area contributed by atoms with Crippen molar-refractivity contribution in [1.82, 2.24) is 4.98 Å². The third-order valence-corrected chi connectivity index (χ3v) is 6.25. The summed E-state index contributed by atoms with van der Waals surface area (Å²) in [5, 5.41) is 9.99. The molecule has 1 fully saturated rings. The largest absolute Gasteiger partial charge is 0.393 e. The lowest BCUT2D eigenvalue weighted by Gasteiger charge is -2.31.